The third kappa shape index (κ3) is 3.89. The first kappa shape index (κ1) is 23.0. The van der Waals surface area contributed by atoms with Crippen LogP contribution < -0.4 is 0 Å². The monoisotopic (exact) mass is 474 g/mol. The quantitative estimate of drug-likeness (QED) is 0.655. The predicted molar refractivity (Wildman–Crippen MR) is 125 cm³/mol. The van der Waals surface area contributed by atoms with E-state index in [0.29, 0.717) is 25.1 Å². The Bertz CT molecular complexity index is 1230. The van der Waals surface area contributed by atoms with Crippen molar-refractivity contribution in [3.63, 3.8) is 0 Å². The van der Waals surface area contributed by atoms with Crippen LogP contribution in [0.1, 0.15) is 37.8 Å². The Balaban J connectivity index is 1.76. The van der Waals surface area contributed by atoms with E-state index in [9.17, 15) is 16.8 Å². The van der Waals surface area contributed by atoms with Crippen LogP contribution in [0.2, 0.25) is 0 Å². The average Bonchev–Trinajstić information content (AvgIpc) is 3.15. The number of aryl methyl sites for hydroxylation is 2. The summed E-state index contributed by atoms with van der Waals surface area (Å²) in [7, 11) is -7.57. The fourth-order valence-electron chi connectivity index (χ4n) is 4.59. The van der Waals surface area contributed by atoms with Gasteiger partial charge >= 0.3 is 0 Å². The standard InChI is InChI=1S/C24H30N2O4S2/c1-17(2)23-16-24-22(26(23)32(29,30)21-13-9-19(4)10-14-21)6-5-15-25(24)31(27,28)20-11-7-18(3)8-12-20/h6-14,17,23-24H,5,15-16H2,1-4H3/t23-,24+/m1/s1. The summed E-state index contributed by atoms with van der Waals surface area (Å²) in [5.41, 5.74) is 2.54. The molecule has 0 radical (unpaired) electrons. The fraction of sp³-hybridized carbons (Fsp3) is 0.417. The second kappa shape index (κ2) is 8.32. The zero-order valence-electron chi connectivity index (χ0n) is 18.9. The summed E-state index contributed by atoms with van der Waals surface area (Å²) in [4.78, 5) is 0.471. The Hall–Kier alpha value is -2.16. The molecule has 2 aliphatic heterocycles. The van der Waals surface area contributed by atoms with Gasteiger partial charge in [0.1, 0.15) is 0 Å². The molecule has 0 spiro atoms. The molecule has 2 heterocycles. The molecule has 0 aromatic heterocycles. The summed E-state index contributed by atoms with van der Waals surface area (Å²) in [6.45, 7) is 8.14. The van der Waals surface area contributed by atoms with E-state index in [4.69, 9.17) is 0 Å². The lowest BCUT2D eigenvalue weighted by atomic mass is 10.0. The summed E-state index contributed by atoms with van der Waals surface area (Å²) < 4.78 is 57.4. The van der Waals surface area contributed by atoms with E-state index in [1.54, 1.807) is 48.5 Å². The molecule has 0 bridgehead atoms. The summed E-state index contributed by atoms with van der Waals surface area (Å²) in [6.07, 6.45) is 2.82. The van der Waals surface area contributed by atoms with E-state index in [2.05, 4.69) is 0 Å². The first-order valence-electron chi connectivity index (χ1n) is 10.9. The van der Waals surface area contributed by atoms with Crippen LogP contribution in [0, 0.1) is 19.8 Å². The molecule has 1 saturated heterocycles. The van der Waals surface area contributed by atoms with Crippen molar-refractivity contribution >= 4 is 20.0 Å². The molecular weight excluding hydrogens is 444 g/mol. The molecule has 32 heavy (non-hydrogen) atoms. The Morgan fingerprint density at radius 1 is 0.812 bits per heavy atom. The summed E-state index contributed by atoms with van der Waals surface area (Å²) in [5.74, 6) is 0.0330. The Morgan fingerprint density at radius 3 is 1.81 bits per heavy atom. The van der Waals surface area contributed by atoms with E-state index < -0.39 is 26.1 Å². The maximum atomic E-state index is 13.7. The highest BCUT2D eigenvalue weighted by atomic mass is 32.2. The van der Waals surface area contributed by atoms with Gasteiger partial charge in [0.2, 0.25) is 10.0 Å². The van der Waals surface area contributed by atoms with Crippen LogP contribution in [0.25, 0.3) is 0 Å². The molecular formula is C24H30N2O4S2. The molecule has 1 fully saturated rings. The fourth-order valence-corrected chi connectivity index (χ4v) is 8.08. The summed E-state index contributed by atoms with van der Waals surface area (Å²) in [5, 5.41) is 0. The van der Waals surface area contributed by atoms with E-state index in [1.165, 1.54) is 8.61 Å². The van der Waals surface area contributed by atoms with Gasteiger partial charge in [0.25, 0.3) is 10.0 Å². The molecule has 0 saturated carbocycles. The van der Waals surface area contributed by atoms with Crippen LogP contribution in [0.4, 0.5) is 0 Å². The molecule has 0 unspecified atom stereocenters. The number of hydrogen-bond acceptors (Lipinski definition) is 4. The van der Waals surface area contributed by atoms with Crippen LogP contribution in [-0.2, 0) is 20.0 Å². The zero-order valence-corrected chi connectivity index (χ0v) is 20.5. The zero-order chi connectivity index (χ0) is 23.3. The van der Waals surface area contributed by atoms with Crippen LogP contribution in [0.3, 0.4) is 0 Å². The first-order valence-corrected chi connectivity index (χ1v) is 13.8. The SMILES string of the molecule is Cc1ccc(S(=O)(=O)N2CCC=C3[C@@H]2C[C@H](C(C)C)N3S(=O)(=O)c2ccc(C)cc2)cc1. The van der Waals surface area contributed by atoms with E-state index in [1.807, 2.05) is 33.8 Å². The lowest BCUT2D eigenvalue weighted by molar-refractivity contribution is 0.324. The highest BCUT2D eigenvalue weighted by Crippen LogP contribution is 2.43. The van der Waals surface area contributed by atoms with Gasteiger partial charge in [-0.05, 0) is 56.9 Å². The highest BCUT2D eigenvalue weighted by molar-refractivity contribution is 7.89. The molecule has 0 aliphatic carbocycles. The molecule has 172 valence electrons. The van der Waals surface area contributed by atoms with E-state index >= 15 is 0 Å². The van der Waals surface area contributed by atoms with Crippen LogP contribution in [-0.4, -0.2) is 44.1 Å². The maximum Gasteiger partial charge on any atom is 0.264 e. The van der Waals surface area contributed by atoms with Gasteiger partial charge in [0.05, 0.1) is 15.8 Å². The number of nitrogens with zero attached hydrogens (tertiary/aromatic N) is 2. The lowest BCUT2D eigenvalue weighted by Crippen LogP contribution is -2.44. The van der Waals surface area contributed by atoms with E-state index in [-0.39, 0.29) is 21.8 Å². The summed E-state index contributed by atoms with van der Waals surface area (Å²) in [6, 6.07) is 12.8. The minimum absolute atomic E-state index is 0.0330. The van der Waals surface area contributed by atoms with Crippen molar-refractivity contribution in [2.45, 2.75) is 62.4 Å². The number of rotatable bonds is 5. The molecule has 0 N–H and O–H groups in total. The lowest BCUT2D eigenvalue weighted by Gasteiger charge is -2.34. The van der Waals surface area contributed by atoms with Gasteiger partial charge in [-0.15, -0.1) is 0 Å². The number of fused-ring (bicyclic) bond motifs is 1. The third-order valence-electron chi connectivity index (χ3n) is 6.39. The van der Waals surface area contributed by atoms with Crippen molar-refractivity contribution in [1.29, 1.82) is 0 Å². The topological polar surface area (TPSA) is 74.8 Å². The highest BCUT2D eigenvalue weighted by Gasteiger charge is 2.50. The number of sulfonamides is 2. The second-order valence-electron chi connectivity index (χ2n) is 9.02. The Kier molecular flexibility index (Phi) is 5.98. The van der Waals surface area contributed by atoms with Crippen molar-refractivity contribution < 1.29 is 16.8 Å². The van der Waals surface area contributed by atoms with Gasteiger partial charge in [-0.2, -0.15) is 4.31 Å². The van der Waals surface area contributed by atoms with E-state index in [0.717, 1.165) is 11.1 Å². The minimum Gasteiger partial charge on any atom is -0.265 e. The minimum atomic E-state index is -3.82. The molecule has 0 amide bonds. The molecule has 4 rings (SSSR count). The van der Waals surface area contributed by atoms with Crippen molar-refractivity contribution in [3.8, 4) is 0 Å². The van der Waals surface area contributed by atoms with Crippen molar-refractivity contribution in [2.24, 2.45) is 5.92 Å². The van der Waals surface area contributed by atoms with Gasteiger partial charge in [0.15, 0.2) is 0 Å². The van der Waals surface area contributed by atoms with Crippen molar-refractivity contribution in [3.05, 3.63) is 71.4 Å². The molecule has 8 heteroatoms. The number of benzene rings is 2. The van der Waals surface area contributed by atoms with Gasteiger partial charge in [-0.1, -0.05) is 55.3 Å². The summed E-state index contributed by atoms with van der Waals surface area (Å²) >= 11 is 0. The molecule has 2 atom stereocenters. The smallest absolute Gasteiger partial charge is 0.264 e. The van der Waals surface area contributed by atoms with Crippen LogP contribution >= 0.6 is 0 Å². The van der Waals surface area contributed by atoms with Gasteiger partial charge in [-0.25, -0.2) is 16.8 Å². The largest absolute Gasteiger partial charge is 0.265 e. The van der Waals surface area contributed by atoms with Gasteiger partial charge in [-0.3, -0.25) is 4.31 Å². The van der Waals surface area contributed by atoms with Gasteiger partial charge < -0.3 is 0 Å². The molecule has 2 aromatic rings. The van der Waals surface area contributed by atoms with Gasteiger partial charge in [0, 0.05) is 18.3 Å². The first-order chi connectivity index (χ1) is 15.0. The Labute approximate surface area is 191 Å². The van der Waals surface area contributed by atoms with Crippen LogP contribution in [0.5, 0.6) is 0 Å². The molecule has 2 aromatic carbocycles. The van der Waals surface area contributed by atoms with Crippen molar-refractivity contribution in [1.82, 2.24) is 8.61 Å². The molecule has 6 nitrogen and oxygen atoms in total. The molecule has 2 aliphatic rings. The maximum absolute atomic E-state index is 13.7. The van der Waals surface area contributed by atoms with Crippen molar-refractivity contribution in [2.75, 3.05) is 6.54 Å². The predicted octanol–water partition coefficient (Wildman–Crippen LogP) is 4.07. The number of hydrogen-bond donors (Lipinski definition) is 0. The average molecular weight is 475 g/mol. The third-order valence-corrected chi connectivity index (χ3v) is 10.2. The van der Waals surface area contributed by atoms with Crippen LogP contribution in [0.15, 0.2) is 70.1 Å². The normalized spacial score (nSPS) is 22.2. The second-order valence-corrected chi connectivity index (χ2v) is 12.7. The Morgan fingerprint density at radius 2 is 1.31 bits per heavy atom.